The summed E-state index contributed by atoms with van der Waals surface area (Å²) in [6.07, 6.45) is 3.84. The van der Waals surface area contributed by atoms with Crippen molar-refractivity contribution in [1.82, 2.24) is 0 Å². The largest absolute Gasteiger partial charge is 0.368 e. The lowest BCUT2D eigenvalue weighted by Crippen LogP contribution is -2.37. The molecule has 0 aliphatic carbocycles. The van der Waals surface area contributed by atoms with Crippen molar-refractivity contribution in [2.24, 2.45) is 5.73 Å². The molecule has 1 aromatic rings. The first-order chi connectivity index (χ1) is 8.09. The number of halogens is 1. The van der Waals surface area contributed by atoms with Gasteiger partial charge in [0, 0.05) is 18.6 Å². The average molecular weight is 253 g/mol. The van der Waals surface area contributed by atoms with Gasteiger partial charge in [0.15, 0.2) is 0 Å². The summed E-state index contributed by atoms with van der Waals surface area (Å²) in [7, 11) is 0. The van der Waals surface area contributed by atoms with E-state index in [2.05, 4.69) is 24.0 Å². The summed E-state index contributed by atoms with van der Waals surface area (Å²) in [5.74, 6) is 0. The van der Waals surface area contributed by atoms with Gasteiger partial charge in [-0.1, -0.05) is 17.7 Å². The van der Waals surface area contributed by atoms with Crippen LogP contribution in [0, 0.1) is 0 Å². The van der Waals surface area contributed by atoms with Crippen LogP contribution < -0.4 is 10.6 Å². The highest BCUT2D eigenvalue weighted by molar-refractivity contribution is 6.33. The molecule has 1 saturated heterocycles. The maximum Gasteiger partial charge on any atom is 0.0642 e. The molecule has 17 heavy (non-hydrogen) atoms. The van der Waals surface area contributed by atoms with E-state index in [0.717, 1.165) is 22.8 Å². The summed E-state index contributed by atoms with van der Waals surface area (Å²) >= 11 is 6.37. The van der Waals surface area contributed by atoms with E-state index in [1.165, 1.54) is 19.3 Å². The van der Waals surface area contributed by atoms with Crippen LogP contribution in [0.25, 0.3) is 0 Å². The van der Waals surface area contributed by atoms with E-state index in [9.17, 15) is 0 Å². The van der Waals surface area contributed by atoms with Crippen molar-refractivity contribution >= 4 is 17.3 Å². The van der Waals surface area contributed by atoms with E-state index in [1.54, 1.807) is 0 Å². The lowest BCUT2D eigenvalue weighted by molar-refractivity contribution is 0.485. The van der Waals surface area contributed by atoms with Crippen LogP contribution in [0.15, 0.2) is 18.2 Å². The second kappa shape index (κ2) is 5.28. The first-order valence-electron chi connectivity index (χ1n) is 6.41. The molecule has 1 aliphatic heterocycles. The van der Waals surface area contributed by atoms with Gasteiger partial charge < -0.3 is 10.6 Å². The summed E-state index contributed by atoms with van der Waals surface area (Å²) in [4.78, 5) is 2.41. The molecule has 1 heterocycles. The highest BCUT2D eigenvalue weighted by Gasteiger charge is 2.20. The summed E-state index contributed by atoms with van der Waals surface area (Å²) in [6.45, 7) is 5.36. The molecule has 0 spiro atoms. The first kappa shape index (κ1) is 12.7. The molecule has 2 atom stereocenters. The van der Waals surface area contributed by atoms with Crippen molar-refractivity contribution in [3.63, 3.8) is 0 Å². The fraction of sp³-hybridized carbons (Fsp3) is 0.571. The number of benzene rings is 1. The van der Waals surface area contributed by atoms with Gasteiger partial charge in [-0.3, -0.25) is 0 Å². The third kappa shape index (κ3) is 2.75. The van der Waals surface area contributed by atoms with Crippen molar-refractivity contribution in [3.05, 3.63) is 28.8 Å². The number of nitrogens with two attached hydrogens (primary N) is 1. The number of piperidine rings is 1. The summed E-state index contributed by atoms with van der Waals surface area (Å²) in [5, 5.41) is 0.827. The number of hydrogen-bond acceptors (Lipinski definition) is 2. The summed E-state index contributed by atoms with van der Waals surface area (Å²) in [5.41, 5.74) is 8.12. The van der Waals surface area contributed by atoms with E-state index in [-0.39, 0.29) is 6.04 Å². The van der Waals surface area contributed by atoms with Gasteiger partial charge in [0.1, 0.15) is 0 Å². The van der Waals surface area contributed by atoms with Crippen LogP contribution in [-0.2, 0) is 0 Å². The fourth-order valence-electron chi connectivity index (χ4n) is 2.50. The monoisotopic (exact) mass is 252 g/mol. The standard InChI is InChI=1S/C14H21ClN2/c1-10-5-3-4-8-17(10)14-7-6-12(11(2)16)9-13(14)15/h6-7,9-11H,3-5,8,16H2,1-2H3/t10-,11-/m1/s1. The van der Waals surface area contributed by atoms with Crippen molar-refractivity contribution < 1.29 is 0 Å². The first-order valence-corrected chi connectivity index (χ1v) is 6.79. The Morgan fingerprint density at radius 1 is 1.41 bits per heavy atom. The molecule has 3 heteroatoms. The zero-order valence-corrected chi connectivity index (χ0v) is 11.4. The van der Waals surface area contributed by atoms with Crippen LogP contribution in [0.4, 0.5) is 5.69 Å². The lowest BCUT2D eigenvalue weighted by Gasteiger charge is -2.36. The van der Waals surface area contributed by atoms with Crippen LogP contribution in [0.5, 0.6) is 0 Å². The number of nitrogens with zero attached hydrogens (tertiary/aromatic N) is 1. The van der Waals surface area contributed by atoms with Crippen molar-refractivity contribution in [2.75, 3.05) is 11.4 Å². The summed E-state index contributed by atoms with van der Waals surface area (Å²) < 4.78 is 0. The van der Waals surface area contributed by atoms with Crippen LogP contribution in [-0.4, -0.2) is 12.6 Å². The molecule has 2 N–H and O–H groups in total. The molecule has 94 valence electrons. The zero-order valence-electron chi connectivity index (χ0n) is 10.6. The van der Waals surface area contributed by atoms with Gasteiger partial charge in [-0.05, 0) is 50.8 Å². The minimum Gasteiger partial charge on any atom is -0.368 e. The number of rotatable bonds is 2. The van der Waals surface area contributed by atoms with E-state index in [4.69, 9.17) is 17.3 Å². The quantitative estimate of drug-likeness (QED) is 0.869. The zero-order chi connectivity index (χ0) is 12.4. The molecule has 1 aromatic carbocycles. The van der Waals surface area contributed by atoms with Crippen LogP contribution in [0.3, 0.4) is 0 Å². The maximum absolute atomic E-state index is 6.37. The Bertz CT molecular complexity index is 390. The fourth-order valence-corrected chi connectivity index (χ4v) is 2.79. The predicted molar refractivity (Wildman–Crippen MR) is 74.7 cm³/mol. The van der Waals surface area contributed by atoms with Crippen molar-refractivity contribution in [3.8, 4) is 0 Å². The van der Waals surface area contributed by atoms with E-state index in [0.29, 0.717) is 6.04 Å². The van der Waals surface area contributed by atoms with Gasteiger partial charge in [-0.2, -0.15) is 0 Å². The van der Waals surface area contributed by atoms with E-state index >= 15 is 0 Å². The Morgan fingerprint density at radius 2 is 2.18 bits per heavy atom. The normalized spacial score (nSPS) is 22.6. The Kier molecular flexibility index (Phi) is 3.95. The van der Waals surface area contributed by atoms with Crippen LogP contribution in [0.1, 0.15) is 44.7 Å². The molecule has 0 unspecified atom stereocenters. The van der Waals surface area contributed by atoms with Gasteiger partial charge in [0.2, 0.25) is 0 Å². The molecular formula is C14H21ClN2. The third-order valence-electron chi connectivity index (χ3n) is 3.61. The van der Waals surface area contributed by atoms with E-state index in [1.807, 2.05) is 13.0 Å². The second-order valence-corrected chi connectivity index (χ2v) is 5.44. The molecule has 2 nitrogen and oxygen atoms in total. The Labute approximate surface area is 109 Å². The summed E-state index contributed by atoms with van der Waals surface area (Å²) in [6, 6.07) is 6.83. The Balaban J connectivity index is 2.26. The molecule has 2 rings (SSSR count). The second-order valence-electron chi connectivity index (χ2n) is 5.04. The molecule has 1 aliphatic rings. The van der Waals surface area contributed by atoms with Gasteiger partial charge in [0.25, 0.3) is 0 Å². The Morgan fingerprint density at radius 3 is 2.76 bits per heavy atom. The molecule has 0 saturated carbocycles. The van der Waals surface area contributed by atoms with Gasteiger partial charge in [-0.25, -0.2) is 0 Å². The van der Waals surface area contributed by atoms with E-state index < -0.39 is 0 Å². The van der Waals surface area contributed by atoms with Crippen molar-refractivity contribution in [1.29, 1.82) is 0 Å². The smallest absolute Gasteiger partial charge is 0.0642 e. The third-order valence-corrected chi connectivity index (χ3v) is 3.91. The Hall–Kier alpha value is -0.730. The van der Waals surface area contributed by atoms with Crippen LogP contribution in [0.2, 0.25) is 5.02 Å². The molecule has 0 aromatic heterocycles. The van der Waals surface area contributed by atoms with Gasteiger partial charge in [0.05, 0.1) is 10.7 Å². The highest BCUT2D eigenvalue weighted by Crippen LogP contribution is 2.32. The minimum atomic E-state index is 0.0420. The minimum absolute atomic E-state index is 0.0420. The highest BCUT2D eigenvalue weighted by atomic mass is 35.5. The molecule has 0 radical (unpaired) electrons. The van der Waals surface area contributed by atoms with Gasteiger partial charge in [-0.15, -0.1) is 0 Å². The number of anilines is 1. The van der Waals surface area contributed by atoms with Crippen molar-refractivity contribution in [2.45, 2.75) is 45.2 Å². The average Bonchev–Trinajstić information content (AvgIpc) is 2.30. The maximum atomic E-state index is 6.37. The number of hydrogen-bond donors (Lipinski definition) is 1. The van der Waals surface area contributed by atoms with Gasteiger partial charge >= 0.3 is 0 Å². The SMILES string of the molecule is C[C@@H]1CCCCN1c1ccc([C@@H](C)N)cc1Cl. The molecular weight excluding hydrogens is 232 g/mol. The molecule has 1 fully saturated rings. The lowest BCUT2D eigenvalue weighted by atomic mass is 10.0. The molecule has 0 bridgehead atoms. The topological polar surface area (TPSA) is 29.3 Å². The molecule has 0 amide bonds. The predicted octanol–water partition coefficient (Wildman–Crippen LogP) is 3.74. The van der Waals surface area contributed by atoms with Crippen LogP contribution >= 0.6 is 11.6 Å².